The van der Waals surface area contributed by atoms with E-state index < -0.39 is 18.3 Å². The van der Waals surface area contributed by atoms with Gasteiger partial charge in [-0.05, 0) is 33.1 Å². The number of hydrogen-bond acceptors (Lipinski definition) is 4. The van der Waals surface area contributed by atoms with E-state index in [-0.39, 0.29) is 41.7 Å². The van der Waals surface area contributed by atoms with Gasteiger partial charge >= 0.3 is 0 Å². The van der Waals surface area contributed by atoms with Crippen molar-refractivity contribution >= 4 is 5.91 Å². The Kier molecular flexibility index (Phi) is 7.76. The zero-order valence-electron chi connectivity index (χ0n) is 20.5. The number of unbranched alkanes of at least 4 members (excludes halogenated alkanes) is 1. The van der Waals surface area contributed by atoms with Crippen molar-refractivity contribution in [3.8, 4) is 0 Å². The summed E-state index contributed by atoms with van der Waals surface area (Å²) in [5.41, 5.74) is 2.04. The van der Waals surface area contributed by atoms with Crippen molar-refractivity contribution < 1.29 is 20.1 Å². The van der Waals surface area contributed by atoms with Crippen LogP contribution in [0.5, 0.6) is 0 Å². The normalized spacial score (nSPS) is 39.9. The second kappa shape index (κ2) is 10.6. The van der Waals surface area contributed by atoms with E-state index >= 15 is 0 Å². The number of aliphatic hydroxyl groups is 3. The quantitative estimate of drug-likeness (QED) is 0.426. The van der Waals surface area contributed by atoms with Gasteiger partial charge in [-0.2, -0.15) is 0 Å². The van der Waals surface area contributed by atoms with Gasteiger partial charge in [-0.15, -0.1) is 0 Å². The summed E-state index contributed by atoms with van der Waals surface area (Å²) in [7, 11) is 0. The topological polar surface area (TPSA) is 81.0 Å². The Labute approximate surface area is 203 Å². The van der Waals surface area contributed by atoms with E-state index in [1.54, 1.807) is 6.08 Å². The van der Waals surface area contributed by atoms with Crippen LogP contribution < -0.4 is 0 Å². The van der Waals surface area contributed by atoms with Gasteiger partial charge in [-0.25, -0.2) is 0 Å². The molecule has 2 aliphatic heterocycles. The van der Waals surface area contributed by atoms with E-state index in [9.17, 15) is 20.1 Å². The number of carbonyl (C=O) groups excluding carboxylic acids is 1. The molecule has 5 nitrogen and oxygen atoms in total. The van der Waals surface area contributed by atoms with Gasteiger partial charge in [0.2, 0.25) is 5.91 Å². The lowest BCUT2D eigenvalue weighted by molar-refractivity contribution is -0.132. The molecule has 2 heterocycles. The zero-order chi connectivity index (χ0) is 24.4. The average Bonchev–Trinajstić information content (AvgIpc) is 3.28. The molecule has 9 atom stereocenters. The van der Waals surface area contributed by atoms with Crippen molar-refractivity contribution in [1.82, 2.24) is 4.90 Å². The monoisotopic (exact) mass is 465 g/mol. The third kappa shape index (κ3) is 4.66. The molecular formula is C29H39NO4. The number of rotatable bonds is 5. The van der Waals surface area contributed by atoms with E-state index in [0.717, 1.165) is 30.4 Å². The standard InChI is InChI=1S/C29H39NO4/c1-4-5-6-7-8-9-12-21-17-24(32)27-26-19(3)16-20-14-15-23(31)28(33)25(20)18(2)11-10-13-22(26)29(34)30(21)27/h6-11,13-16,20-28,31-33H,4-5,12,17H2,1-3H3. The Bertz CT molecular complexity index is 942. The van der Waals surface area contributed by atoms with Gasteiger partial charge in [0.1, 0.15) is 0 Å². The first kappa shape index (κ1) is 24.9. The van der Waals surface area contributed by atoms with Gasteiger partial charge in [-0.3, -0.25) is 4.79 Å². The molecule has 34 heavy (non-hydrogen) atoms. The van der Waals surface area contributed by atoms with Crippen LogP contribution >= 0.6 is 0 Å². The van der Waals surface area contributed by atoms with Gasteiger partial charge in [0.25, 0.3) is 0 Å². The smallest absolute Gasteiger partial charge is 0.230 e. The summed E-state index contributed by atoms with van der Waals surface area (Å²) >= 11 is 0. The van der Waals surface area contributed by atoms with Crippen molar-refractivity contribution in [3.05, 3.63) is 71.9 Å². The number of fused-ring (bicyclic) bond motifs is 4. The van der Waals surface area contributed by atoms with Crippen LogP contribution in [-0.2, 0) is 4.79 Å². The molecule has 0 radical (unpaired) electrons. The van der Waals surface area contributed by atoms with Crippen molar-refractivity contribution in [2.24, 2.45) is 23.7 Å². The third-order valence-electron chi connectivity index (χ3n) is 8.01. The molecule has 3 N–H and O–H groups in total. The summed E-state index contributed by atoms with van der Waals surface area (Å²) in [6.45, 7) is 6.16. The molecule has 4 aliphatic rings. The summed E-state index contributed by atoms with van der Waals surface area (Å²) in [6, 6.07) is -0.239. The highest BCUT2D eigenvalue weighted by molar-refractivity contribution is 5.85. The molecular weight excluding hydrogens is 426 g/mol. The fourth-order valence-corrected chi connectivity index (χ4v) is 6.36. The maximum absolute atomic E-state index is 13.6. The van der Waals surface area contributed by atoms with Crippen molar-refractivity contribution in [3.63, 3.8) is 0 Å². The van der Waals surface area contributed by atoms with E-state index in [1.807, 2.05) is 49.1 Å². The molecule has 0 bridgehead atoms. The second-order valence-corrected chi connectivity index (χ2v) is 10.3. The van der Waals surface area contributed by atoms with Crippen molar-refractivity contribution in [1.29, 1.82) is 0 Å². The molecule has 4 rings (SSSR count). The minimum Gasteiger partial charge on any atom is -0.391 e. The van der Waals surface area contributed by atoms with Gasteiger partial charge in [0.05, 0.1) is 30.3 Å². The first-order chi connectivity index (χ1) is 16.3. The van der Waals surface area contributed by atoms with Crippen LogP contribution in [0.3, 0.4) is 0 Å². The van der Waals surface area contributed by atoms with E-state index in [0.29, 0.717) is 6.42 Å². The summed E-state index contributed by atoms with van der Waals surface area (Å²) in [4.78, 5) is 15.6. The number of carbonyl (C=O) groups is 1. The number of aliphatic hydroxyl groups excluding tert-OH is 3. The molecule has 2 fully saturated rings. The Morgan fingerprint density at radius 3 is 2.56 bits per heavy atom. The Morgan fingerprint density at radius 1 is 1.03 bits per heavy atom. The molecule has 0 spiro atoms. The SMILES string of the molecule is CCCC=CC=CCC1CC(O)C2C3C(C)=CC4C=CC(O)C(O)C4C(C)=CC=CC3C(=O)N12. The Balaban J connectivity index is 1.63. The first-order valence-electron chi connectivity index (χ1n) is 12.7. The minimum absolute atomic E-state index is 0.00118. The molecule has 9 unspecified atom stereocenters. The molecule has 0 aromatic heterocycles. The van der Waals surface area contributed by atoms with Crippen LogP contribution in [0.15, 0.2) is 71.9 Å². The lowest BCUT2D eigenvalue weighted by Crippen LogP contribution is -2.40. The molecule has 0 aromatic carbocycles. The number of nitrogens with zero attached hydrogens (tertiary/aromatic N) is 1. The lowest BCUT2D eigenvalue weighted by atomic mass is 9.73. The molecule has 1 amide bonds. The summed E-state index contributed by atoms with van der Waals surface area (Å²) in [6.07, 6.45) is 21.1. The van der Waals surface area contributed by atoms with E-state index in [2.05, 4.69) is 31.2 Å². The van der Waals surface area contributed by atoms with Crippen LogP contribution in [0, 0.1) is 23.7 Å². The fraction of sp³-hybridized carbons (Fsp3) is 0.552. The van der Waals surface area contributed by atoms with Gasteiger partial charge in [0.15, 0.2) is 0 Å². The Hall–Kier alpha value is -2.21. The first-order valence-corrected chi connectivity index (χ1v) is 12.7. The maximum Gasteiger partial charge on any atom is 0.230 e. The van der Waals surface area contributed by atoms with Crippen molar-refractivity contribution in [2.45, 2.75) is 76.9 Å². The predicted octanol–water partition coefficient (Wildman–Crippen LogP) is 3.85. The number of allylic oxidation sites excluding steroid dienone is 7. The highest BCUT2D eigenvalue weighted by atomic mass is 16.3. The molecule has 0 saturated carbocycles. The van der Waals surface area contributed by atoms with Crippen LogP contribution in [0.4, 0.5) is 0 Å². The number of hydrogen-bond donors (Lipinski definition) is 3. The molecule has 2 saturated heterocycles. The predicted molar refractivity (Wildman–Crippen MR) is 135 cm³/mol. The highest BCUT2D eigenvalue weighted by Crippen LogP contribution is 2.47. The van der Waals surface area contributed by atoms with Crippen LogP contribution in [-0.4, -0.2) is 56.5 Å². The Morgan fingerprint density at radius 2 is 1.79 bits per heavy atom. The fourth-order valence-electron chi connectivity index (χ4n) is 6.36. The zero-order valence-corrected chi connectivity index (χ0v) is 20.5. The van der Waals surface area contributed by atoms with Gasteiger partial charge in [-0.1, -0.05) is 85.3 Å². The van der Waals surface area contributed by atoms with Crippen LogP contribution in [0.25, 0.3) is 0 Å². The van der Waals surface area contributed by atoms with Crippen molar-refractivity contribution in [2.75, 3.05) is 0 Å². The summed E-state index contributed by atoms with van der Waals surface area (Å²) < 4.78 is 0. The summed E-state index contributed by atoms with van der Waals surface area (Å²) in [5, 5.41) is 32.0. The van der Waals surface area contributed by atoms with E-state index in [4.69, 9.17) is 0 Å². The average molecular weight is 466 g/mol. The molecule has 184 valence electrons. The van der Waals surface area contributed by atoms with Crippen LogP contribution in [0.2, 0.25) is 0 Å². The molecule has 5 heteroatoms. The van der Waals surface area contributed by atoms with Crippen LogP contribution in [0.1, 0.15) is 46.5 Å². The second-order valence-electron chi connectivity index (χ2n) is 10.3. The number of amides is 1. The maximum atomic E-state index is 13.6. The lowest BCUT2D eigenvalue weighted by Gasteiger charge is -2.35. The largest absolute Gasteiger partial charge is 0.391 e. The molecule has 0 aromatic rings. The van der Waals surface area contributed by atoms with E-state index in [1.165, 1.54) is 0 Å². The minimum atomic E-state index is -0.885. The summed E-state index contributed by atoms with van der Waals surface area (Å²) in [5.74, 6) is -0.624. The van der Waals surface area contributed by atoms with Gasteiger partial charge < -0.3 is 20.2 Å². The highest BCUT2D eigenvalue weighted by Gasteiger charge is 2.56. The van der Waals surface area contributed by atoms with Gasteiger partial charge in [0, 0.05) is 23.8 Å². The third-order valence-corrected chi connectivity index (χ3v) is 8.01. The molecule has 2 aliphatic carbocycles.